The quantitative estimate of drug-likeness (QED) is 0.798. The predicted molar refractivity (Wildman–Crippen MR) is 86.4 cm³/mol. The summed E-state index contributed by atoms with van der Waals surface area (Å²) in [5.41, 5.74) is 5.24. The molecular formula is C17H16F3N3O3. The largest absolute Gasteiger partial charge is 0.870 e. The van der Waals surface area contributed by atoms with Crippen LogP contribution in [0.15, 0.2) is 60.1 Å². The number of aryl methyl sites for hydroxylation is 1. The van der Waals surface area contributed by atoms with Crippen molar-refractivity contribution in [1.82, 2.24) is 0 Å². The maximum atomic E-state index is 12.3. The number of nitrogens with two attached hydrogens (primary N) is 1. The average Bonchev–Trinajstić information content (AvgIpc) is 2.92. The van der Waals surface area contributed by atoms with E-state index in [2.05, 4.69) is 4.74 Å². The number of nitrogens with zero attached hydrogens (tertiary/aromatic N) is 2. The molecule has 0 spiro atoms. The molecule has 4 rings (SSSR count). The molecule has 9 heteroatoms. The maximum Gasteiger partial charge on any atom is 0.573 e. The Morgan fingerprint density at radius 1 is 0.962 bits per heavy atom. The molecule has 2 heterocycles. The van der Waals surface area contributed by atoms with E-state index in [-0.39, 0.29) is 17.1 Å². The van der Waals surface area contributed by atoms with Crippen molar-refractivity contribution in [1.29, 1.82) is 0 Å². The lowest BCUT2D eigenvalue weighted by Gasteiger charge is -2.25. The number of aliphatic hydroxyl groups excluding tert-OH is 1. The van der Waals surface area contributed by atoms with Gasteiger partial charge in [0.15, 0.2) is 0 Å². The number of ether oxygens (including phenoxy) is 1. The number of hydrogen-bond donors (Lipinski definition) is 2. The summed E-state index contributed by atoms with van der Waals surface area (Å²) in [5, 5.41) is 14.0. The Kier molecular flexibility index (Phi) is 4.43. The first-order valence-corrected chi connectivity index (χ1v) is 7.72. The van der Waals surface area contributed by atoms with Gasteiger partial charge in [0.1, 0.15) is 17.1 Å². The molecule has 2 aliphatic rings. The summed E-state index contributed by atoms with van der Waals surface area (Å²) in [6.07, 6.45) is -3.22. The SMILES string of the molecule is OC1=C2CCc3ccccc3N2[NH2+]N1c1ccc(OC(F)(F)F)cc1.[OH-]. The number of allylic oxidation sites excluding steroid dienone is 1. The monoisotopic (exact) mass is 367 g/mol. The van der Waals surface area contributed by atoms with E-state index in [1.807, 2.05) is 29.3 Å². The molecule has 2 aromatic rings. The number of alkyl halides is 3. The molecule has 0 fully saturated rings. The fraction of sp³-hybridized carbons (Fsp3) is 0.176. The normalized spacial score (nSPS) is 16.1. The summed E-state index contributed by atoms with van der Waals surface area (Å²) in [6, 6.07) is 13.3. The van der Waals surface area contributed by atoms with Crippen LogP contribution in [0, 0.1) is 0 Å². The minimum Gasteiger partial charge on any atom is -0.870 e. The van der Waals surface area contributed by atoms with Crippen molar-refractivity contribution in [2.45, 2.75) is 19.2 Å². The van der Waals surface area contributed by atoms with Crippen LogP contribution in [-0.2, 0) is 6.42 Å². The third kappa shape index (κ3) is 3.14. The lowest BCUT2D eigenvalue weighted by Crippen LogP contribution is -2.99. The van der Waals surface area contributed by atoms with Crippen molar-refractivity contribution < 1.29 is 34.0 Å². The molecule has 0 atom stereocenters. The highest BCUT2D eigenvalue weighted by Crippen LogP contribution is 2.34. The molecule has 26 heavy (non-hydrogen) atoms. The van der Waals surface area contributed by atoms with Crippen LogP contribution in [-0.4, -0.2) is 16.9 Å². The number of benzene rings is 2. The Hall–Kier alpha value is -2.91. The highest BCUT2D eigenvalue weighted by Gasteiger charge is 2.38. The first kappa shape index (κ1) is 17.9. The molecule has 0 unspecified atom stereocenters. The second-order valence-electron chi connectivity index (χ2n) is 5.80. The van der Waals surface area contributed by atoms with Crippen LogP contribution in [0.1, 0.15) is 12.0 Å². The number of hydrogen-bond acceptors (Lipinski definition) is 5. The minimum atomic E-state index is -4.73. The number of quaternary nitrogens is 1. The number of fused-ring (bicyclic) bond motifs is 3. The first-order valence-electron chi connectivity index (χ1n) is 7.72. The van der Waals surface area contributed by atoms with Gasteiger partial charge in [-0.05, 0) is 42.3 Å². The van der Waals surface area contributed by atoms with Gasteiger partial charge in [-0.3, -0.25) is 0 Å². The van der Waals surface area contributed by atoms with Gasteiger partial charge >= 0.3 is 6.36 Å². The van der Waals surface area contributed by atoms with E-state index in [1.165, 1.54) is 29.8 Å². The Morgan fingerprint density at radius 3 is 2.35 bits per heavy atom. The summed E-state index contributed by atoms with van der Waals surface area (Å²) in [7, 11) is 0. The van der Waals surface area contributed by atoms with Crippen LogP contribution in [0.3, 0.4) is 0 Å². The van der Waals surface area contributed by atoms with Crippen LogP contribution in [0.4, 0.5) is 24.5 Å². The molecule has 2 aromatic carbocycles. The molecule has 0 saturated carbocycles. The Morgan fingerprint density at radius 2 is 1.65 bits per heavy atom. The van der Waals surface area contributed by atoms with Gasteiger partial charge in [0, 0.05) is 6.42 Å². The fourth-order valence-electron chi connectivity index (χ4n) is 3.13. The average molecular weight is 367 g/mol. The van der Waals surface area contributed by atoms with Crippen molar-refractivity contribution in [2.75, 3.05) is 10.0 Å². The van der Waals surface area contributed by atoms with E-state index >= 15 is 0 Å². The molecule has 0 aromatic heterocycles. The van der Waals surface area contributed by atoms with Gasteiger partial charge in [0.05, 0.1) is 5.69 Å². The van der Waals surface area contributed by atoms with E-state index in [9.17, 15) is 18.3 Å². The maximum absolute atomic E-state index is 12.3. The van der Waals surface area contributed by atoms with Crippen LogP contribution >= 0.6 is 0 Å². The molecular weight excluding hydrogens is 351 g/mol. The van der Waals surface area contributed by atoms with Gasteiger partial charge in [-0.1, -0.05) is 18.2 Å². The Labute approximate surface area is 147 Å². The highest BCUT2D eigenvalue weighted by atomic mass is 19.4. The standard InChI is InChI=1S/C17H14F3N3O2.H2O/c18-17(19,20)25-13-8-6-12(7-9-13)22-16(24)15-10-5-11-3-1-2-4-14(11)23(15)21-22;/h1-4,6-9,21,24H,5,10H2;1H2. The van der Waals surface area contributed by atoms with Crippen LogP contribution in [0.25, 0.3) is 0 Å². The van der Waals surface area contributed by atoms with Crippen molar-refractivity contribution >= 4 is 11.4 Å². The summed E-state index contributed by atoms with van der Waals surface area (Å²) in [5.74, 6) is -0.218. The number of para-hydroxylation sites is 1. The van der Waals surface area contributed by atoms with E-state index < -0.39 is 6.36 Å². The van der Waals surface area contributed by atoms with Gasteiger partial charge in [-0.2, -0.15) is 5.01 Å². The molecule has 4 N–H and O–H groups in total. The van der Waals surface area contributed by atoms with Gasteiger partial charge in [0.2, 0.25) is 0 Å². The highest BCUT2D eigenvalue weighted by molar-refractivity contribution is 5.62. The Balaban J connectivity index is 0.00000196. The molecule has 0 saturated heterocycles. The van der Waals surface area contributed by atoms with Crippen molar-refractivity contribution in [3.05, 3.63) is 65.7 Å². The second kappa shape index (κ2) is 6.43. The van der Waals surface area contributed by atoms with Crippen LogP contribution in [0.5, 0.6) is 5.75 Å². The van der Waals surface area contributed by atoms with Crippen molar-refractivity contribution in [3.63, 3.8) is 0 Å². The molecule has 2 aliphatic heterocycles. The van der Waals surface area contributed by atoms with E-state index in [0.29, 0.717) is 12.1 Å². The number of anilines is 2. The van der Waals surface area contributed by atoms with Gasteiger partial charge < -0.3 is 15.3 Å². The lowest BCUT2D eigenvalue weighted by atomic mass is 10.0. The van der Waals surface area contributed by atoms with Crippen molar-refractivity contribution in [3.8, 4) is 5.75 Å². The van der Waals surface area contributed by atoms with Gasteiger partial charge in [-0.25, -0.2) is 0 Å². The van der Waals surface area contributed by atoms with Gasteiger partial charge in [0.25, 0.3) is 5.88 Å². The van der Waals surface area contributed by atoms with Gasteiger partial charge in [-0.15, -0.1) is 23.7 Å². The predicted octanol–water partition coefficient (Wildman–Crippen LogP) is 2.80. The van der Waals surface area contributed by atoms with Crippen molar-refractivity contribution in [2.24, 2.45) is 0 Å². The summed E-state index contributed by atoms with van der Waals surface area (Å²) < 4.78 is 40.6. The first-order chi connectivity index (χ1) is 11.9. The lowest BCUT2D eigenvalue weighted by molar-refractivity contribution is -0.661. The zero-order chi connectivity index (χ0) is 17.6. The van der Waals surface area contributed by atoms with Crippen LogP contribution < -0.4 is 20.3 Å². The molecule has 0 aliphatic carbocycles. The molecule has 6 nitrogen and oxygen atoms in total. The van der Waals surface area contributed by atoms with E-state index in [0.717, 1.165) is 17.8 Å². The zero-order valence-electron chi connectivity index (χ0n) is 13.4. The molecule has 138 valence electrons. The minimum absolute atomic E-state index is 0. The zero-order valence-corrected chi connectivity index (χ0v) is 13.4. The van der Waals surface area contributed by atoms with Crippen LogP contribution in [0.2, 0.25) is 0 Å². The third-order valence-corrected chi connectivity index (χ3v) is 4.24. The number of aliphatic hydroxyl groups is 1. The Bertz CT molecular complexity index is 837. The third-order valence-electron chi connectivity index (χ3n) is 4.24. The summed E-state index contributed by atoms with van der Waals surface area (Å²) in [6.45, 7) is 0. The molecule has 0 amide bonds. The number of halogens is 3. The summed E-state index contributed by atoms with van der Waals surface area (Å²) in [4.78, 5) is 0. The van der Waals surface area contributed by atoms with E-state index in [4.69, 9.17) is 0 Å². The number of rotatable bonds is 2. The second-order valence-corrected chi connectivity index (χ2v) is 5.80. The summed E-state index contributed by atoms with van der Waals surface area (Å²) >= 11 is 0. The molecule has 0 bridgehead atoms. The topological polar surface area (TPSA) is 82.5 Å². The molecule has 0 radical (unpaired) electrons. The fourth-order valence-corrected chi connectivity index (χ4v) is 3.13. The van der Waals surface area contributed by atoms with E-state index in [1.54, 1.807) is 10.5 Å². The smallest absolute Gasteiger partial charge is 0.573 e.